The maximum Gasteiger partial charge on any atom is 0.202 e. The van der Waals surface area contributed by atoms with Gasteiger partial charge in [-0.25, -0.2) is 0 Å². The molecule has 0 spiro atoms. The first-order valence-corrected chi connectivity index (χ1v) is 12.7. The summed E-state index contributed by atoms with van der Waals surface area (Å²) in [5.41, 5.74) is 4.14. The number of ether oxygens (including phenoxy) is 3. The molecule has 11 heteroatoms. The highest BCUT2D eigenvalue weighted by Gasteiger charge is 2.48. The number of aliphatic hydroxyl groups is 2. The summed E-state index contributed by atoms with van der Waals surface area (Å²) in [6, 6.07) is 3.82. The third kappa shape index (κ3) is 4.12. The van der Waals surface area contributed by atoms with Crippen molar-refractivity contribution >= 4 is 17.3 Å². The van der Waals surface area contributed by atoms with E-state index in [2.05, 4.69) is 0 Å². The van der Waals surface area contributed by atoms with Crippen LogP contribution in [0.4, 0.5) is 0 Å². The molecule has 1 heterocycles. The summed E-state index contributed by atoms with van der Waals surface area (Å²) >= 11 is 0. The van der Waals surface area contributed by atoms with Crippen molar-refractivity contribution in [3.05, 3.63) is 51.6 Å². The van der Waals surface area contributed by atoms with Gasteiger partial charge in [-0.3, -0.25) is 14.4 Å². The highest BCUT2D eigenvalue weighted by atomic mass is 16.7. The Morgan fingerprint density at radius 3 is 2.49 bits per heavy atom. The van der Waals surface area contributed by atoms with E-state index in [1.807, 2.05) is 0 Å². The molecule has 6 atom stereocenters. The van der Waals surface area contributed by atoms with Gasteiger partial charge in [-0.1, -0.05) is 19.1 Å². The Labute approximate surface area is 224 Å². The topological polar surface area (TPSA) is 186 Å². The normalized spacial score (nSPS) is 29.8. The van der Waals surface area contributed by atoms with Gasteiger partial charge in [-0.05, 0) is 25.8 Å². The molecular weight excluding hydrogens is 510 g/mol. The molecule has 2 aliphatic carbocycles. The number of ketones is 3. The molecule has 3 aliphatic rings. The molecule has 11 nitrogen and oxygen atoms in total. The smallest absolute Gasteiger partial charge is 0.202 e. The Morgan fingerprint density at radius 1 is 1.15 bits per heavy atom. The number of fused-ring (bicyclic) bond motifs is 3. The predicted molar refractivity (Wildman–Crippen MR) is 135 cm³/mol. The first-order valence-electron chi connectivity index (χ1n) is 12.7. The molecule has 0 saturated carbocycles. The van der Waals surface area contributed by atoms with E-state index in [-0.39, 0.29) is 58.4 Å². The minimum absolute atomic E-state index is 0.0106. The first kappa shape index (κ1) is 27.2. The molecule has 2 aromatic rings. The number of carbonyl (C=O) groups is 3. The van der Waals surface area contributed by atoms with Crippen LogP contribution in [-0.4, -0.2) is 76.0 Å². The van der Waals surface area contributed by atoms with E-state index < -0.39 is 71.5 Å². The van der Waals surface area contributed by atoms with Crippen LogP contribution in [0.15, 0.2) is 18.2 Å². The molecule has 0 amide bonds. The molecule has 0 unspecified atom stereocenters. The third-order valence-electron chi connectivity index (χ3n) is 8.17. The number of carbonyl (C=O) groups excluding carboxylic acids is 3. The largest absolute Gasteiger partial charge is 0.507 e. The van der Waals surface area contributed by atoms with E-state index in [0.717, 1.165) is 0 Å². The van der Waals surface area contributed by atoms with Gasteiger partial charge in [0.1, 0.15) is 23.9 Å². The number of nitrogens with two attached hydrogens (primary N) is 1. The third-order valence-corrected chi connectivity index (χ3v) is 8.17. The highest BCUT2D eigenvalue weighted by molar-refractivity contribution is 6.31. The van der Waals surface area contributed by atoms with Crippen molar-refractivity contribution in [1.82, 2.24) is 0 Å². The summed E-state index contributed by atoms with van der Waals surface area (Å²) in [6.45, 7) is 2.45. The van der Waals surface area contributed by atoms with Gasteiger partial charge in [0.25, 0.3) is 0 Å². The zero-order valence-electron chi connectivity index (χ0n) is 21.8. The molecule has 0 aromatic heterocycles. The quantitative estimate of drug-likeness (QED) is 0.293. The predicted octanol–water partition coefficient (Wildman–Crippen LogP) is 1.28. The lowest BCUT2D eigenvalue weighted by atomic mass is 9.67. The van der Waals surface area contributed by atoms with Crippen molar-refractivity contribution in [2.45, 2.75) is 63.8 Å². The second-order valence-electron chi connectivity index (χ2n) is 10.7. The van der Waals surface area contributed by atoms with Gasteiger partial charge in [-0.2, -0.15) is 0 Å². The average Bonchev–Trinajstić information content (AvgIpc) is 2.90. The zero-order valence-corrected chi connectivity index (χ0v) is 21.8. The second kappa shape index (κ2) is 9.68. The van der Waals surface area contributed by atoms with Crippen LogP contribution in [0.1, 0.15) is 75.8 Å². The van der Waals surface area contributed by atoms with Crippen LogP contribution in [0, 0.1) is 5.41 Å². The number of benzene rings is 2. The van der Waals surface area contributed by atoms with Gasteiger partial charge in [-0.15, -0.1) is 0 Å². The Morgan fingerprint density at radius 2 is 1.85 bits per heavy atom. The van der Waals surface area contributed by atoms with Crippen molar-refractivity contribution in [3.8, 4) is 17.2 Å². The van der Waals surface area contributed by atoms with Crippen molar-refractivity contribution < 1.29 is 49.0 Å². The Bertz CT molecular complexity index is 1380. The Balaban J connectivity index is 1.69. The molecular formula is C28H31NO10. The lowest BCUT2D eigenvalue weighted by molar-refractivity contribution is -0.245. The van der Waals surface area contributed by atoms with Crippen LogP contribution in [0.2, 0.25) is 0 Å². The zero-order chi connectivity index (χ0) is 28.4. The second-order valence-corrected chi connectivity index (χ2v) is 10.7. The number of Topliss-reactive ketones (excluding diaryl/α,β-unsaturated/α-hetero) is 1. The fourth-order valence-electron chi connectivity index (χ4n) is 5.99. The number of phenols is 2. The number of hydrogen-bond donors (Lipinski definition) is 5. The van der Waals surface area contributed by atoms with Crippen LogP contribution < -0.4 is 10.5 Å². The molecule has 2 aromatic carbocycles. The van der Waals surface area contributed by atoms with Gasteiger partial charge in [0.15, 0.2) is 17.9 Å². The molecule has 0 radical (unpaired) electrons. The SMILES string of the molecule is COc1cccc2c1C(=O)c1c(O)c3c(c(O)c1C2=O)C[C@@](C)(C(=O)CO)C[C@@H]3O[C@H]1C[C@H](N)[C@H](O)[C@H](C)O1. The molecule has 208 valence electrons. The Kier molecular flexibility index (Phi) is 6.76. The first-order chi connectivity index (χ1) is 18.4. The van der Waals surface area contributed by atoms with E-state index in [1.54, 1.807) is 13.8 Å². The monoisotopic (exact) mass is 541 g/mol. The summed E-state index contributed by atoms with van der Waals surface area (Å²) in [5, 5.41) is 42.8. The van der Waals surface area contributed by atoms with Gasteiger partial charge in [0.2, 0.25) is 5.78 Å². The summed E-state index contributed by atoms with van der Waals surface area (Å²) in [5.74, 6) is -2.88. The summed E-state index contributed by atoms with van der Waals surface area (Å²) in [4.78, 5) is 40.1. The number of phenolic OH excluding ortho intramolecular Hbond substituents is 2. The van der Waals surface area contributed by atoms with Crippen LogP contribution in [0.3, 0.4) is 0 Å². The van der Waals surface area contributed by atoms with Crippen molar-refractivity contribution in [2.75, 3.05) is 13.7 Å². The van der Waals surface area contributed by atoms with Gasteiger partial charge in [0, 0.05) is 34.6 Å². The standard InChI is InChI=1S/C28H31NO10/c1-11-23(32)14(29)7-18(38-11)39-16-9-28(2,17(31)10-30)8-13-20(16)27(36)22-21(25(13)34)24(33)12-5-4-6-15(37-3)19(12)26(22)35/h4-6,11,14,16,18,23,30,32,34,36H,7-10,29H2,1-3H3/t11-,14-,16-,18-,23+,28+/m0/s1. The lowest BCUT2D eigenvalue weighted by Crippen LogP contribution is -2.52. The Hall–Kier alpha value is -3.35. The van der Waals surface area contributed by atoms with Crippen LogP contribution in [0.5, 0.6) is 17.2 Å². The summed E-state index contributed by atoms with van der Waals surface area (Å²) < 4.78 is 17.3. The average molecular weight is 542 g/mol. The number of methoxy groups -OCH3 is 1. The van der Waals surface area contributed by atoms with E-state index in [1.165, 1.54) is 25.3 Å². The number of aliphatic hydroxyl groups excluding tert-OH is 2. The highest BCUT2D eigenvalue weighted by Crippen LogP contribution is 2.54. The minimum atomic E-state index is -1.24. The fraction of sp³-hybridized carbons (Fsp3) is 0.464. The lowest BCUT2D eigenvalue weighted by Gasteiger charge is -2.42. The van der Waals surface area contributed by atoms with Crippen LogP contribution in [-0.2, 0) is 20.7 Å². The number of aromatic hydroxyl groups is 2. The van der Waals surface area contributed by atoms with Gasteiger partial charge >= 0.3 is 0 Å². The summed E-state index contributed by atoms with van der Waals surface area (Å²) in [6.07, 6.45) is -3.68. The number of hydrogen-bond acceptors (Lipinski definition) is 11. The van der Waals surface area contributed by atoms with E-state index in [0.29, 0.717) is 0 Å². The molecule has 39 heavy (non-hydrogen) atoms. The molecule has 1 saturated heterocycles. The minimum Gasteiger partial charge on any atom is -0.507 e. The number of rotatable bonds is 5. The van der Waals surface area contributed by atoms with Gasteiger partial charge in [0.05, 0.1) is 42.1 Å². The molecule has 6 N–H and O–H groups in total. The van der Waals surface area contributed by atoms with Gasteiger partial charge < -0.3 is 40.4 Å². The molecule has 0 bridgehead atoms. The molecule has 1 fully saturated rings. The van der Waals surface area contributed by atoms with Crippen molar-refractivity contribution in [2.24, 2.45) is 11.1 Å². The molecule has 5 rings (SSSR count). The van der Waals surface area contributed by atoms with E-state index in [9.17, 15) is 34.8 Å². The van der Waals surface area contributed by atoms with Crippen LogP contribution >= 0.6 is 0 Å². The van der Waals surface area contributed by atoms with Crippen LogP contribution in [0.25, 0.3) is 0 Å². The fourth-order valence-corrected chi connectivity index (χ4v) is 5.99. The maximum absolute atomic E-state index is 13.7. The van der Waals surface area contributed by atoms with E-state index in [4.69, 9.17) is 19.9 Å². The van der Waals surface area contributed by atoms with E-state index >= 15 is 0 Å². The molecule has 1 aliphatic heterocycles. The maximum atomic E-state index is 13.7. The van der Waals surface area contributed by atoms with Crippen molar-refractivity contribution in [1.29, 1.82) is 0 Å². The van der Waals surface area contributed by atoms with Crippen molar-refractivity contribution in [3.63, 3.8) is 0 Å². The summed E-state index contributed by atoms with van der Waals surface area (Å²) in [7, 11) is 1.35.